The van der Waals surface area contributed by atoms with Gasteiger partial charge in [-0.25, -0.2) is 4.79 Å². The van der Waals surface area contributed by atoms with Gasteiger partial charge in [-0.05, 0) is 42.8 Å². The predicted molar refractivity (Wildman–Crippen MR) is 94.1 cm³/mol. The van der Waals surface area contributed by atoms with Crippen molar-refractivity contribution < 1.29 is 22.8 Å². The molecule has 0 fully saturated rings. The van der Waals surface area contributed by atoms with Gasteiger partial charge >= 0.3 is 12.2 Å². The van der Waals surface area contributed by atoms with Crippen LogP contribution in [0.25, 0.3) is 6.08 Å². The maximum absolute atomic E-state index is 12.5. The number of hydrogen-bond acceptors (Lipinski definition) is 2. The number of imide groups is 1. The third-order valence-electron chi connectivity index (χ3n) is 3.34. The summed E-state index contributed by atoms with van der Waals surface area (Å²) in [7, 11) is 0. The van der Waals surface area contributed by atoms with Crippen molar-refractivity contribution in [3.05, 3.63) is 70.3 Å². The first-order valence-corrected chi connectivity index (χ1v) is 7.77. The second-order valence-electron chi connectivity index (χ2n) is 5.34. The molecule has 136 valence electrons. The van der Waals surface area contributed by atoms with E-state index in [4.69, 9.17) is 11.6 Å². The van der Waals surface area contributed by atoms with Gasteiger partial charge in [0.15, 0.2) is 0 Å². The Morgan fingerprint density at radius 1 is 1.04 bits per heavy atom. The zero-order valence-electron chi connectivity index (χ0n) is 13.5. The summed E-state index contributed by atoms with van der Waals surface area (Å²) in [5.41, 5.74) is 0.0583. The van der Waals surface area contributed by atoms with Crippen LogP contribution in [-0.2, 0) is 0 Å². The highest BCUT2D eigenvalue weighted by Gasteiger charge is 2.29. The van der Waals surface area contributed by atoms with E-state index in [1.807, 2.05) is 0 Å². The number of carbonyl (C=O) groups is 2. The number of hydrogen-bond donors (Lipinski definition) is 2. The molecule has 8 heteroatoms. The van der Waals surface area contributed by atoms with Crippen molar-refractivity contribution >= 4 is 35.3 Å². The summed E-state index contributed by atoms with van der Waals surface area (Å²) in [5, 5.41) is 4.74. The van der Waals surface area contributed by atoms with Crippen LogP contribution in [0.4, 0.5) is 23.7 Å². The summed E-state index contributed by atoms with van der Waals surface area (Å²) in [5.74, 6) is -0.673. The number of rotatable bonds is 3. The van der Waals surface area contributed by atoms with Gasteiger partial charge in [0.2, 0.25) is 0 Å². The number of nitrogens with one attached hydrogen (secondary N) is 2. The van der Waals surface area contributed by atoms with E-state index in [0.717, 1.165) is 13.0 Å². The second-order valence-corrected chi connectivity index (χ2v) is 5.74. The summed E-state index contributed by atoms with van der Waals surface area (Å²) in [4.78, 5) is 23.8. The van der Waals surface area contributed by atoms with Crippen molar-refractivity contribution in [1.29, 1.82) is 0 Å². The van der Waals surface area contributed by atoms with E-state index < -0.39 is 23.7 Å². The molecule has 2 aromatic carbocycles. The molecule has 0 spiro atoms. The highest BCUT2D eigenvalue weighted by molar-refractivity contribution is 6.34. The van der Waals surface area contributed by atoms with E-state index in [-0.39, 0.29) is 10.6 Å². The molecule has 0 atom stereocenters. The number of anilines is 1. The molecular weight excluding hydrogens is 369 g/mol. The lowest BCUT2D eigenvalue weighted by atomic mass is 10.1. The smallest absolute Gasteiger partial charge is 0.308 e. The fraction of sp³-hybridized carbons (Fsp3) is 0.111. The molecule has 2 N–H and O–H groups in total. The van der Waals surface area contributed by atoms with Crippen LogP contribution in [-0.4, -0.2) is 18.1 Å². The average molecular weight is 383 g/mol. The molecule has 0 aromatic heterocycles. The normalized spacial score (nSPS) is 11.8. The number of carbonyl (C=O) groups excluding carboxylic acids is 2. The number of amides is 3. The molecule has 3 amide bonds. The van der Waals surface area contributed by atoms with E-state index in [1.54, 1.807) is 12.1 Å². The van der Waals surface area contributed by atoms with Crippen molar-refractivity contribution in [2.45, 2.75) is 13.1 Å². The first-order chi connectivity index (χ1) is 12.2. The molecule has 2 rings (SSSR count). The van der Waals surface area contributed by atoms with E-state index in [9.17, 15) is 22.8 Å². The Bertz CT molecular complexity index is 846. The minimum absolute atomic E-state index is 0.146. The number of alkyl halides is 3. The molecule has 0 aliphatic carbocycles. The van der Waals surface area contributed by atoms with Gasteiger partial charge in [0, 0.05) is 11.3 Å². The van der Waals surface area contributed by atoms with Gasteiger partial charge in [-0.3, -0.25) is 10.1 Å². The lowest BCUT2D eigenvalue weighted by molar-refractivity contribution is -0.0903. The lowest BCUT2D eigenvalue weighted by Crippen LogP contribution is -2.34. The van der Waals surface area contributed by atoms with Crippen LogP contribution in [0.15, 0.2) is 54.1 Å². The summed E-state index contributed by atoms with van der Waals surface area (Å²) in [6.07, 6.45) is -3.40. The van der Waals surface area contributed by atoms with Gasteiger partial charge in [0.25, 0.3) is 5.91 Å². The van der Waals surface area contributed by atoms with Crippen LogP contribution in [0.5, 0.6) is 0 Å². The fourth-order valence-corrected chi connectivity index (χ4v) is 2.19. The molecule has 0 bridgehead atoms. The molecule has 0 heterocycles. The van der Waals surface area contributed by atoms with Crippen molar-refractivity contribution in [1.82, 2.24) is 5.32 Å². The Kier molecular flexibility index (Phi) is 6.05. The summed E-state index contributed by atoms with van der Waals surface area (Å²) in [6, 6.07) is 11.1. The van der Waals surface area contributed by atoms with Crippen LogP contribution in [0.3, 0.4) is 0 Å². The number of halogens is 4. The molecular formula is C18H14ClF3N2O2. The van der Waals surface area contributed by atoms with Crippen LogP contribution in [0.2, 0.25) is 5.02 Å². The highest BCUT2D eigenvalue weighted by atomic mass is 35.5. The standard InChI is InChI=1S/C18H14ClF3N2O2/c1-11(18(20,21)22)10-12-6-8-13(9-7-12)23-17(26)24-16(25)14-4-2-3-5-15(14)19/h2-10H,1H3,(H2,23,24,25,26). The molecule has 0 aliphatic rings. The third kappa shape index (κ3) is 5.35. The van der Waals surface area contributed by atoms with Crippen LogP contribution in [0, 0.1) is 0 Å². The Morgan fingerprint density at radius 3 is 2.23 bits per heavy atom. The molecule has 4 nitrogen and oxygen atoms in total. The summed E-state index contributed by atoms with van der Waals surface area (Å²) < 4.78 is 37.5. The second kappa shape index (κ2) is 8.05. The van der Waals surface area contributed by atoms with E-state index in [2.05, 4.69) is 10.6 Å². The molecule has 0 aliphatic heterocycles. The molecule has 26 heavy (non-hydrogen) atoms. The summed E-state index contributed by atoms with van der Waals surface area (Å²) >= 11 is 5.88. The Balaban J connectivity index is 2.00. The Hall–Kier alpha value is -2.80. The van der Waals surface area contributed by atoms with Gasteiger partial charge in [-0.2, -0.15) is 13.2 Å². The topological polar surface area (TPSA) is 58.2 Å². The van der Waals surface area contributed by atoms with E-state index in [1.165, 1.54) is 36.4 Å². The SMILES string of the molecule is CC(=Cc1ccc(NC(=O)NC(=O)c2ccccc2Cl)cc1)C(F)(F)F. The predicted octanol–water partition coefficient (Wildman–Crippen LogP) is 5.27. The van der Waals surface area contributed by atoms with E-state index in [0.29, 0.717) is 11.3 Å². The highest BCUT2D eigenvalue weighted by Crippen LogP contribution is 2.27. The third-order valence-corrected chi connectivity index (χ3v) is 3.67. The summed E-state index contributed by atoms with van der Waals surface area (Å²) in [6.45, 7) is 0.972. The average Bonchev–Trinajstić information content (AvgIpc) is 2.56. The Morgan fingerprint density at radius 2 is 1.65 bits per heavy atom. The maximum Gasteiger partial charge on any atom is 0.412 e. The zero-order chi connectivity index (χ0) is 19.3. The van der Waals surface area contributed by atoms with Gasteiger partial charge in [-0.15, -0.1) is 0 Å². The molecule has 2 aromatic rings. The van der Waals surface area contributed by atoms with Gasteiger partial charge in [0.1, 0.15) is 0 Å². The molecule has 0 saturated heterocycles. The maximum atomic E-state index is 12.5. The first kappa shape index (κ1) is 19.5. The van der Waals surface area contributed by atoms with Gasteiger partial charge in [0.05, 0.1) is 10.6 Å². The van der Waals surface area contributed by atoms with Crippen molar-refractivity contribution in [3.63, 3.8) is 0 Å². The largest absolute Gasteiger partial charge is 0.412 e. The lowest BCUT2D eigenvalue weighted by Gasteiger charge is -2.09. The van der Waals surface area contributed by atoms with Crippen LogP contribution >= 0.6 is 11.6 Å². The van der Waals surface area contributed by atoms with Gasteiger partial charge < -0.3 is 5.32 Å². The minimum Gasteiger partial charge on any atom is -0.308 e. The fourth-order valence-electron chi connectivity index (χ4n) is 1.97. The van der Waals surface area contributed by atoms with E-state index >= 15 is 0 Å². The number of urea groups is 1. The molecule has 0 saturated carbocycles. The van der Waals surface area contributed by atoms with Crippen LogP contribution in [0.1, 0.15) is 22.8 Å². The first-order valence-electron chi connectivity index (χ1n) is 7.39. The van der Waals surface area contributed by atoms with Crippen LogP contribution < -0.4 is 10.6 Å². The molecule has 0 radical (unpaired) electrons. The zero-order valence-corrected chi connectivity index (χ0v) is 14.3. The quantitative estimate of drug-likeness (QED) is 0.760. The molecule has 0 unspecified atom stereocenters. The Labute approximate surface area is 152 Å². The number of allylic oxidation sites excluding steroid dienone is 1. The minimum atomic E-state index is -4.39. The van der Waals surface area contributed by atoms with Gasteiger partial charge in [-0.1, -0.05) is 35.9 Å². The van der Waals surface area contributed by atoms with Crippen molar-refractivity contribution in [2.75, 3.05) is 5.32 Å². The number of benzene rings is 2. The van der Waals surface area contributed by atoms with Crippen molar-refractivity contribution in [2.24, 2.45) is 0 Å². The van der Waals surface area contributed by atoms with Crippen molar-refractivity contribution in [3.8, 4) is 0 Å². The monoisotopic (exact) mass is 382 g/mol.